The van der Waals surface area contributed by atoms with E-state index in [0.29, 0.717) is 35.4 Å². The van der Waals surface area contributed by atoms with Crippen LogP contribution in [-0.4, -0.2) is 38.9 Å². The van der Waals surface area contributed by atoms with Gasteiger partial charge in [-0.15, -0.1) is 0 Å². The Morgan fingerprint density at radius 1 is 1.06 bits per heavy atom. The molecule has 3 N–H and O–H groups in total. The normalized spacial score (nSPS) is 15.8. The van der Waals surface area contributed by atoms with Crippen molar-refractivity contribution < 1.29 is 21.6 Å². The first-order valence-corrected chi connectivity index (χ1v) is 12.4. The van der Waals surface area contributed by atoms with Gasteiger partial charge >= 0.3 is 10.2 Å². The van der Waals surface area contributed by atoms with Gasteiger partial charge in [-0.1, -0.05) is 6.92 Å². The molecule has 3 rings (SSSR count). The second-order valence-electron chi connectivity index (χ2n) is 7.29. The van der Waals surface area contributed by atoms with Crippen molar-refractivity contribution in [3.05, 3.63) is 51.4 Å². The molecule has 0 radical (unpaired) electrons. The number of hydrogen-bond acceptors (Lipinski definition) is 4. The number of anilines is 3. The van der Waals surface area contributed by atoms with Crippen LogP contribution >= 0.6 is 22.6 Å². The van der Waals surface area contributed by atoms with Gasteiger partial charge in [0.1, 0.15) is 11.5 Å². The number of halogens is 4. The lowest BCUT2D eigenvalue weighted by atomic mass is 9.98. The Hall–Kier alpha value is -1.57. The van der Waals surface area contributed by atoms with E-state index in [9.17, 15) is 21.6 Å². The third-order valence-corrected chi connectivity index (χ3v) is 7.31. The minimum atomic E-state index is -4.00. The molecule has 0 aliphatic carbocycles. The summed E-state index contributed by atoms with van der Waals surface area (Å²) in [5.74, 6) is -2.77. The molecular weight excluding hydrogens is 544 g/mol. The number of rotatable bonds is 8. The van der Waals surface area contributed by atoms with Crippen LogP contribution in [0.4, 0.5) is 30.2 Å². The van der Waals surface area contributed by atoms with E-state index in [1.165, 1.54) is 16.4 Å². The van der Waals surface area contributed by atoms with Gasteiger partial charge in [-0.05, 0) is 84.8 Å². The second kappa shape index (κ2) is 10.4. The van der Waals surface area contributed by atoms with Crippen molar-refractivity contribution in [2.24, 2.45) is 5.92 Å². The monoisotopic (exact) mass is 568 g/mol. The zero-order chi connectivity index (χ0) is 22.6. The summed E-state index contributed by atoms with van der Waals surface area (Å²) in [6.07, 6.45) is 1.40. The molecule has 2 aromatic carbocycles. The van der Waals surface area contributed by atoms with Crippen LogP contribution in [-0.2, 0) is 10.2 Å². The molecule has 0 saturated carbocycles. The third-order valence-electron chi connectivity index (χ3n) is 5.12. The van der Waals surface area contributed by atoms with Crippen molar-refractivity contribution in [1.82, 2.24) is 9.62 Å². The quantitative estimate of drug-likeness (QED) is 0.413. The maximum atomic E-state index is 14.5. The molecule has 0 amide bonds. The van der Waals surface area contributed by atoms with Crippen molar-refractivity contribution in [3.63, 3.8) is 0 Å². The first-order valence-electron chi connectivity index (χ1n) is 9.90. The minimum Gasteiger partial charge on any atom is -0.349 e. The van der Waals surface area contributed by atoms with E-state index in [1.54, 1.807) is 6.07 Å². The lowest BCUT2D eigenvalue weighted by Gasteiger charge is -2.31. The van der Waals surface area contributed by atoms with Crippen LogP contribution in [0.25, 0.3) is 0 Å². The molecule has 170 valence electrons. The molecule has 0 spiro atoms. The average molecular weight is 568 g/mol. The Balaban J connectivity index is 1.80. The first kappa shape index (κ1) is 24.1. The fourth-order valence-corrected chi connectivity index (χ4v) is 5.11. The van der Waals surface area contributed by atoms with Gasteiger partial charge in [0.25, 0.3) is 0 Å². The minimum absolute atomic E-state index is 0.102. The van der Waals surface area contributed by atoms with Gasteiger partial charge in [0, 0.05) is 16.7 Å². The Bertz CT molecular complexity index is 1030. The van der Waals surface area contributed by atoms with Crippen LogP contribution in [0.3, 0.4) is 0 Å². The Morgan fingerprint density at radius 2 is 1.74 bits per heavy atom. The van der Waals surface area contributed by atoms with E-state index in [4.69, 9.17) is 0 Å². The molecule has 2 aromatic rings. The molecule has 1 aliphatic rings. The largest absolute Gasteiger partial charge is 0.349 e. The van der Waals surface area contributed by atoms with Gasteiger partial charge in [-0.25, -0.2) is 13.2 Å². The summed E-state index contributed by atoms with van der Waals surface area (Å²) in [6, 6.07) is 6.12. The van der Waals surface area contributed by atoms with Crippen LogP contribution < -0.4 is 15.4 Å². The molecule has 6 nitrogen and oxygen atoms in total. The van der Waals surface area contributed by atoms with Gasteiger partial charge in [-0.3, -0.25) is 4.72 Å². The van der Waals surface area contributed by atoms with Crippen LogP contribution in [0.15, 0.2) is 30.3 Å². The van der Waals surface area contributed by atoms with E-state index in [0.717, 1.165) is 25.2 Å². The first-order chi connectivity index (χ1) is 14.7. The van der Waals surface area contributed by atoms with Crippen LogP contribution in [0.2, 0.25) is 0 Å². The standard InChI is InChI=1S/C20H24F3IN4O2S/c1-2-25-12-13-7-9-28(10-8-13)31(29,30)27-18-6-4-15(21)19(23)20(18)26-17-5-3-14(24)11-16(17)22/h3-6,11,13,25-27H,2,7-10,12H2,1H3. The number of nitrogens with zero attached hydrogens (tertiary/aromatic N) is 1. The molecule has 31 heavy (non-hydrogen) atoms. The summed E-state index contributed by atoms with van der Waals surface area (Å²) >= 11 is 1.92. The smallest absolute Gasteiger partial charge is 0.301 e. The third kappa shape index (κ3) is 6.02. The van der Waals surface area contributed by atoms with Crippen LogP contribution in [0.1, 0.15) is 19.8 Å². The maximum absolute atomic E-state index is 14.5. The van der Waals surface area contributed by atoms with E-state index in [-0.39, 0.29) is 11.4 Å². The van der Waals surface area contributed by atoms with Crippen molar-refractivity contribution in [2.45, 2.75) is 19.8 Å². The Labute approximate surface area is 193 Å². The highest BCUT2D eigenvalue weighted by molar-refractivity contribution is 14.1. The summed E-state index contributed by atoms with van der Waals surface area (Å²) in [5.41, 5.74) is -0.785. The van der Waals surface area contributed by atoms with Gasteiger partial charge < -0.3 is 10.6 Å². The number of benzene rings is 2. The van der Waals surface area contributed by atoms with Crippen molar-refractivity contribution in [1.29, 1.82) is 0 Å². The van der Waals surface area contributed by atoms with Crippen molar-refractivity contribution in [2.75, 3.05) is 36.2 Å². The maximum Gasteiger partial charge on any atom is 0.301 e. The molecule has 0 unspecified atom stereocenters. The van der Waals surface area contributed by atoms with Gasteiger partial charge in [0.05, 0.1) is 11.4 Å². The van der Waals surface area contributed by atoms with E-state index < -0.39 is 33.3 Å². The van der Waals surface area contributed by atoms with E-state index in [1.807, 2.05) is 29.5 Å². The predicted octanol–water partition coefficient (Wildman–Crippen LogP) is 4.43. The highest BCUT2D eigenvalue weighted by Gasteiger charge is 2.29. The van der Waals surface area contributed by atoms with E-state index in [2.05, 4.69) is 15.4 Å². The Kier molecular flexibility index (Phi) is 8.05. The van der Waals surface area contributed by atoms with Crippen LogP contribution in [0, 0.1) is 26.9 Å². The molecule has 0 aromatic heterocycles. The fraction of sp³-hybridized carbons (Fsp3) is 0.400. The summed E-state index contributed by atoms with van der Waals surface area (Å²) in [7, 11) is -4.00. The summed E-state index contributed by atoms with van der Waals surface area (Å²) in [4.78, 5) is 0. The zero-order valence-electron chi connectivity index (χ0n) is 16.9. The second-order valence-corrected chi connectivity index (χ2v) is 10.2. The summed E-state index contributed by atoms with van der Waals surface area (Å²) in [6.45, 7) is 4.34. The summed E-state index contributed by atoms with van der Waals surface area (Å²) < 4.78 is 72.6. The van der Waals surface area contributed by atoms with Crippen LogP contribution in [0.5, 0.6) is 0 Å². The predicted molar refractivity (Wildman–Crippen MR) is 124 cm³/mol. The van der Waals surface area contributed by atoms with Crippen molar-refractivity contribution >= 4 is 49.9 Å². The molecule has 0 bridgehead atoms. The zero-order valence-corrected chi connectivity index (χ0v) is 19.9. The SMILES string of the molecule is CCNCC1CCN(S(=O)(=O)Nc2ccc(F)c(F)c2Nc2ccc(I)cc2F)CC1. The molecule has 1 heterocycles. The van der Waals surface area contributed by atoms with Crippen molar-refractivity contribution in [3.8, 4) is 0 Å². The highest BCUT2D eigenvalue weighted by Crippen LogP contribution is 2.33. The lowest BCUT2D eigenvalue weighted by molar-refractivity contribution is 0.269. The van der Waals surface area contributed by atoms with Gasteiger partial charge in [0.15, 0.2) is 11.6 Å². The lowest BCUT2D eigenvalue weighted by Crippen LogP contribution is -2.43. The summed E-state index contributed by atoms with van der Waals surface area (Å²) in [5, 5.41) is 5.75. The molecule has 0 atom stereocenters. The number of piperidine rings is 1. The van der Waals surface area contributed by atoms with Gasteiger partial charge in [0.2, 0.25) is 0 Å². The molecule has 1 saturated heterocycles. The number of nitrogens with one attached hydrogen (secondary N) is 3. The fourth-order valence-electron chi connectivity index (χ4n) is 3.39. The molecule has 1 fully saturated rings. The molecule has 1 aliphatic heterocycles. The topological polar surface area (TPSA) is 73.5 Å². The van der Waals surface area contributed by atoms with E-state index >= 15 is 0 Å². The Morgan fingerprint density at radius 3 is 2.39 bits per heavy atom. The average Bonchev–Trinajstić information content (AvgIpc) is 2.73. The molecule has 11 heteroatoms. The molecular formula is C20H24F3IN4O2S. The highest BCUT2D eigenvalue weighted by atomic mass is 127. The van der Waals surface area contributed by atoms with Gasteiger partial charge in [-0.2, -0.15) is 12.7 Å². The number of hydrogen-bond donors (Lipinski definition) is 3.